The van der Waals surface area contributed by atoms with Crippen LogP contribution in [0.25, 0.3) is 0 Å². The zero-order valence-electron chi connectivity index (χ0n) is 5.74. The second-order valence-electron chi connectivity index (χ2n) is 2.18. The normalized spacial score (nSPS) is 16.3. The summed E-state index contributed by atoms with van der Waals surface area (Å²) in [6, 6.07) is 1.58. The Balaban J connectivity index is 2.62. The van der Waals surface area contributed by atoms with Crippen LogP contribution in [0.2, 0.25) is 0 Å². The minimum Gasteiger partial charge on any atom is -0.389 e. The molecule has 1 heterocycles. The van der Waals surface area contributed by atoms with E-state index in [-0.39, 0.29) is 5.88 Å². The third-order valence-electron chi connectivity index (χ3n) is 1.36. The molecule has 11 heavy (non-hydrogen) atoms. The monoisotopic (exact) mass is 176 g/mol. The first-order valence-electron chi connectivity index (χ1n) is 3.17. The molecule has 2 unspecified atom stereocenters. The van der Waals surface area contributed by atoms with Gasteiger partial charge in [-0.3, -0.25) is 5.10 Å². The zero-order valence-corrected chi connectivity index (χ0v) is 6.49. The molecule has 1 aromatic heterocycles. The number of aliphatic hydroxyl groups excluding tert-OH is 2. The maximum Gasteiger partial charge on any atom is 0.122 e. The second kappa shape index (κ2) is 3.71. The molecule has 0 radical (unpaired) electrons. The van der Waals surface area contributed by atoms with E-state index in [1.165, 1.54) is 6.20 Å². The molecule has 1 rings (SSSR count). The summed E-state index contributed by atoms with van der Waals surface area (Å²) >= 11 is 5.32. The van der Waals surface area contributed by atoms with Crippen LogP contribution in [0.5, 0.6) is 0 Å². The molecule has 0 saturated carbocycles. The molecule has 0 amide bonds. The van der Waals surface area contributed by atoms with E-state index in [1.807, 2.05) is 0 Å². The first-order chi connectivity index (χ1) is 5.25. The number of aromatic amines is 1. The highest BCUT2D eigenvalue weighted by atomic mass is 35.5. The highest BCUT2D eigenvalue weighted by Crippen LogP contribution is 2.13. The van der Waals surface area contributed by atoms with Crippen LogP contribution in [-0.4, -0.2) is 32.4 Å². The first-order valence-corrected chi connectivity index (χ1v) is 3.70. The Morgan fingerprint density at radius 1 is 1.64 bits per heavy atom. The Morgan fingerprint density at radius 3 is 2.82 bits per heavy atom. The van der Waals surface area contributed by atoms with Gasteiger partial charge in [0, 0.05) is 6.20 Å². The summed E-state index contributed by atoms with van der Waals surface area (Å²) in [5.41, 5.74) is 0.471. The van der Waals surface area contributed by atoms with Gasteiger partial charge in [-0.2, -0.15) is 5.10 Å². The highest BCUT2D eigenvalue weighted by Gasteiger charge is 2.17. The molecule has 3 N–H and O–H groups in total. The number of alkyl halides is 1. The van der Waals surface area contributed by atoms with Gasteiger partial charge >= 0.3 is 0 Å². The molecule has 5 heteroatoms. The molecular weight excluding hydrogens is 168 g/mol. The average molecular weight is 177 g/mol. The predicted molar refractivity (Wildman–Crippen MR) is 40.3 cm³/mol. The van der Waals surface area contributed by atoms with Gasteiger partial charge in [0.15, 0.2) is 0 Å². The zero-order chi connectivity index (χ0) is 8.27. The molecule has 0 spiro atoms. The van der Waals surface area contributed by atoms with Gasteiger partial charge in [0.05, 0.1) is 17.7 Å². The fraction of sp³-hybridized carbons (Fsp3) is 0.500. The number of hydrogen-bond donors (Lipinski definition) is 3. The van der Waals surface area contributed by atoms with E-state index < -0.39 is 12.2 Å². The Kier molecular flexibility index (Phi) is 2.87. The molecule has 0 fully saturated rings. The summed E-state index contributed by atoms with van der Waals surface area (Å²) in [4.78, 5) is 0. The molecule has 4 nitrogen and oxygen atoms in total. The van der Waals surface area contributed by atoms with Crippen molar-refractivity contribution < 1.29 is 10.2 Å². The molecule has 0 aliphatic heterocycles. The molecule has 0 saturated heterocycles. The van der Waals surface area contributed by atoms with Crippen LogP contribution < -0.4 is 0 Å². The summed E-state index contributed by atoms with van der Waals surface area (Å²) in [5, 5.41) is 24.5. The van der Waals surface area contributed by atoms with Gasteiger partial charge in [-0.1, -0.05) is 0 Å². The number of H-pyrrole nitrogens is 1. The topological polar surface area (TPSA) is 69.1 Å². The average Bonchev–Trinajstić information content (AvgIpc) is 2.53. The van der Waals surface area contributed by atoms with Crippen molar-refractivity contribution in [3.63, 3.8) is 0 Å². The Labute approximate surface area is 68.8 Å². The number of aromatic nitrogens is 2. The van der Waals surface area contributed by atoms with Gasteiger partial charge in [-0.15, -0.1) is 11.6 Å². The lowest BCUT2D eigenvalue weighted by atomic mass is 10.2. The summed E-state index contributed by atoms with van der Waals surface area (Å²) < 4.78 is 0. The van der Waals surface area contributed by atoms with Crippen molar-refractivity contribution in [1.29, 1.82) is 0 Å². The van der Waals surface area contributed by atoms with Crippen LogP contribution in [-0.2, 0) is 0 Å². The molecule has 0 aliphatic rings. The fourth-order valence-electron chi connectivity index (χ4n) is 0.723. The van der Waals surface area contributed by atoms with E-state index >= 15 is 0 Å². The van der Waals surface area contributed by atoms with E-state index in [1.54, 1.807) is 6.07 Å². The smallest absolute Gasteiger partial charge is 0.122 e. The number of halogens is 1. The second-order valence-corrected chi connectivity index (χ2v) is 2.49. The lowest BCUT2D eigenvalue weighted by molar-refractivity contribution is 0.0300. The van der Waals surface area contributed by atoms with Crippen molar-refractivity contribution >= 4 is 11.6 Å². The summed E-state index contributed by atoms with van der Waals surface area (Å²) in [7, 11) is 0. The molecule has 0 aliphatic carbocycles. The first kappa shape index (κ1) is 8.52. The lowest BCUT2D eigenvalue weighted by Gasteiger charge is -2.12. The van der Waals surface area contributed by atoms with Gasteiger partial charge in [-0.25, -0.2) is 0 Å². The van der Waals surface area contributed by atoms with Gasteiger partial charge in [-0.05, 0) is 6.07 Å². The summed E-state index contributed by atoms with van der Waals surface area (Å²) in [6.07, 6.45) is -0.424. The minimum absolute atomic E-state index is 0.000185. The maximum absolute atomic E-state index is 9.27. The van der Waals surface area contributed by atoms with Crippen LogP contribution in [0.4, 0.5) is 0 Å². The van der Waals surface area contributed by atoms with Gasteiger partial charge in [0.2, 0.25) is 0 Å². The van der Waals surface area contributed by atoms with Crippen molar-refractivity contribution in [3.8, 4) is 0 Å². The molecule has 0 bridgehead atoms. The van der Waals surface area contributed by atoms with E-state index in [4.69, 9.17) is 16.7 Å². The number of hydrogen-bond acceptors (Lipinski definition) is 3. The van der Waals surface area contributed by atoms with Gasteiger partial charge in [0.1, 0.15) is 6.10 Å². The molecule has 62 valence electrons. The third kappa shape index (κ3) is 1.92. The van der Waals surface area contributed by atoms with Crippen molar-refractivity contribution in [2.24, 2.45) is 0 Å². The van der Waals surface area contributed by atoms with E-state index in [0.29, 0.717) is 5.69 Å². The standard InChI is InChI=1S/C6H9ClN2O2/c7-3-5(10)6(11)4-1-2-8-9-4/h1-2,5-6,10-11H,3H2,(H,8,9). The molecular formula is C6H9ClN2O2. The van der Waals surface area contributed by atoms with Crippen molar-refractivity contribution in [1.82, 2.24) is 10.2 Å². The van der Waals surface area contributed by atoms with E-state index in [0.717, 1.165) is 0 Å². The Morgan fingerprint density at radius 2 is 2.36 bits per heavy atom. The van der Waals surface area contributed by atoms with Gasteiger partial charge < -0.3 is 10.2 Å². The Hall–Kier alpha value is -0.580. The minimum atomic E-state index is -0.977. The predicted octanol–water partition coefficient (Wildman–Crippen LogP) is 0.0428. The Bertz CT molecular complexity index is 202. The number of nitrogens with zero attached hydrogens (tertiary/aromatic N) is 1. The largest absolute Gasteiger partial charge is 0.389 e. The number of rotatable bonds is 3. The number of nitrogens with one attached hydrogen (secondary N) is 1. The quantitative estimate of drug-likeness (QED) is 0.570. The highest BCUT2D eigenvalue weighted by molar-refractivity contribution is 6.18. The number of aliphatic hydroxyl groups is 2. The van der Waals surface area contributed by atoms with Crippen molar-refractivity contribution in [2.45, 2.75) is 12.2 Å². The third-order valence-corrected chi connectivity index (χ3v) is 1.68. The van der Waals surface area contributed by atoms with Gasteiger partial charge in [0.25, 0.3) is 0 Å². The van der Waals surface area contributed by atoms with Crippen LogP contribution >= 0.6 is 11.6 Å². The summed E-state index contributed by atoms with van der Waals surface area (Å²) in [6.45, 7) is 0. The molecule has 2 atom stereocenters. The van der Waals surface area contributed by atoms with E-state index in [9.17, 15) is 5.11 Å². The molecule has 0 aromatic carbocycles. The van der Waals surface area contributed by atoms with Crippen LogP contribution in [0.3, 0.4) is 0 Å². The van der Waals surface area contributed by atoms with Crippen LogP contribution in [0.1, 0.15) is 11.8 Å². The van der Waals surface area contributed by atoms with Crippen LogP contribution in [0, 0.1) is 0 Å². The lowest BCUT2D eigenvalue weighted by Crippen LogP contribution is -2.19. The summed E-state index contributed by atoms with van der Waals surface area (Å²) in [5.74, 6) is 0.000185. The van der Waals surface area contributed by atoms with Crippen molar-refractivity contribution in [2.75, 3.05) is 5.88 Å². The molecule has 1 aromatic rings. The van der Waals surface area contributed by atoms with E-state index in [2.05, 4.69) is 10.2 Å². The van der Waals surface area contributed by atoms with Crippen molar-refractivity contribution in [3.05, 3.63) is 18.0 Å². The van der Waals surface area contributed by atoms with Crippen LogP contribution in [0.15, 0.2) is 12.3 Å². The SMILES string of the molecule is OC(CCl)C(O)c1ccn[nH]1. The maximum atomic E-state index is 9.27. The fourth-order valence-corrected chi connectivity index (χ4v) is 0.892.